The summed E-state index contributed by atoms with van der Waals surface area (Å²) in [5, 5.41) is 0. The molecule has 1 rings (SSSR count). The third-order valence-corrected chi connectivity index (χ3v) is 3.17. The first-order valence-corrected chi connectivity index (χ1v) is 5.26. The van der Waals surface area contributed by atoms with Gasteiger partial charge in [-0.2, -0.15) is 0 Å². The smallest absolute Gasteiger partial charge is 0.00902 e. The van der Waals surface area contributed by atoms with Crippen molar-refractivity contribution < 1.29 is 0 Å². The Kier molecular flexibility index (Phi) is 3.16. The van der Waals surface area contributed by atoms with E-state index in [0.717, 1.165) is 5.92 Å². The summed E-state index contributed by atoms with van der Waals surface area (Å²) in [4.78, 5) is 0. The van der Waals surface area contributed by atoms with Gasteiger partial charge in [0.1, 0.15) is 0 Å². The van der Waals surface area contributed by atoms with Crippen LogP contribution in [0, 0.1) is 11.3 Å². The van der Waals surface area contributed by atoms with E-state index >= 15 is 0 Å². The number of hydrogen-bond acceptors (Lipinski definition) is 1. The fraction of sp³-hybridized carbons (Fsp3) is 1.00. The van der Waals surface area contributed by atoms with Crippen LogP contribution in [0.25, 0.3) is 0 Å². The average Bonchev–Trinajstić information content (AvgIpc) is 2.37. The van der Waals surface area contributed by atoms with Gasteiger partial charge in [0.25, 0.3) is 0 Å². The SMILES string of the molecule is CC(C)(C)C(N)CC1CCCC1. The highest BCUT2D eigenvalue weighted by atomic mass is 14.7. The van der Waals surface area contributed by atoms with Crippen LogP contribution >= 0.6 is 0 Å². The fourth-order valence-electron chi connectivity index (χ4n) is 1.96. The molecule has 0 saturated heterocycles. The minimum absolute atomic E-state index is 0.294. The lowest BCUT2D eigenvalue weighted by molar-refractivity contribution is 0.270. The van der Waals surface area contributed by atoms with Crippen LogP contribution in [0.3, 0.4) is 0 Å². The van der Waals surface area contributed by atoms with Crippen LogP contribution in [0.4, 0.5) is 0 Å². The predicted octanol–water partition coefficient (Wildman–Crippen LogP) is 2.94. The fourth-order valence-corrected chi connectivity index (χ4v) is 1.96. The maximum atomic E-state index is 6.13. The third-order valence-electron chi connectivity index (χ3n) is 3.17. The molecule has 1 nitrogen and oxygen atoms in total. The van der Waals surface area contributed by atoms with Gasteiger partial charge in [-0.3, -0.25) is 0 Å². The molecule has 2 N–H and O–H groups in total. The van der Waals surface area contributed by atoms with Crippen molar-refractivity contribution in [2.24, 2.45) is 17.1 Å². The molecule has 1 saturated carbocycles. The first kappa shape index (κ1) is 10.0. The molecule has 12 heavy (non-hydrogen) atoms. The predicted molar refractivity (Wildman–Crippen MR) is 54.0 cm³/mol. The maximum Gasteiger partial charge on any atom is 0.00902 e. The van der Waals surface area contributed by atoms with Crippen molar-refractivity contribution in [2.45, 2.75) is 58.9 Å². The van der Waals surface area contributed by atoms with Crippen molar-refractivity contribution >= 4 is 0 Å². The molecule has 0 amide bonds. The van der Waals surface area contributed by atoms with E-state index in [1.807, 2.05) is 0 Å². The molecule has 1 atom stereocenters. The third kappa shape index (κ3) is 2.78. The van der Waals surface area contributed by atoms with Crippen LogP contribution in [-0.2, 0) is 0 Å². The summed E-state index contributed by atoms with van der Waals surface area (Å²) < 4.78 is 0. The van der Waals surface area contributed by atoms with E-state index in [4.69, 9.17) is 5.73 Å². The first-order chi connectivity index (χ1) is 5.50. The Labute approximate surface area is 76.7 Å². The molecule has 0 radical (unpaired) electrons. The summed E-state index contributed by atoms with van der Waals surface area (Å²) in [7, 11) is 0. The van der Waals surface area contributed by atoms with Crippen molar-refractivity contribution in [1.82, 2.24) is 0 Å². The van der Waals surface area contributed by atoms with Gasteiger partial charge in [0, 0.05) is 6.04 Å². The van der Waals surface area contributed by atoms with Gasteiger partial charge in [0.15, 0.2) is 0 Å². The van der Waals surface area contributed by atoms with Crippen molar-refractivity contribution in [3.63, 3.8) is 0 Å². The highest BCUT2D eigenvalue weighted by molar-refractivity contribution is 4.81. The Morgan fingerprint density at radius 1 is 1.25 bits per heavy atom. The Morgan fingerprint density at radius 3 is 2.17 bits per heavy atom. The van der Waals surface area contributed by atoms with E-state index < -0.39 is 0 Å². The van der Waals surface area contributed by atoms with E-state index in [2.05, 4.69) is 20.8 Å². The van der Waals surface area contributed by atoms with Gasteiger partial charge < -0.3 is 5.73 Å². The van der Waals surface area contributed by atoms with Crippen LogP contribution < -0.4 is 5.73 Å². The number of rotatable bonds is 2. The standard InChI is InChI=1S/C11H23N/c1-11(2,3)10(12)8-9-6-4-5-7-9/h9-10H,4-8,12H2,1-3H3. The second-order valence-electron chi connectivity index (χ2n) is 5.36. The first-order valence-electron chi connectivity index (χ1n) is 5.26. The van der Waals surface area contributed by atoms with Gasteiger partial charge in [-0.15, -0.1) is 0 Å². The quantitative estimate of drug-likeness (QED) is 0.675. The zero-order valence-electron chi connectivity index (χ0n) is 8.77. The summed E-state index contributed by atoms with van der Waals surface area (Å²) in [6, 6.07) is 0.389. The molecule has 1 heteroatoms. The number of hydrogen-bond donors (Lipinski definition) is 1. The zero-order chi connectivity index (χ0) is 9.19. The minimum atomic E-state index is 0.294. The van der Waals surface area contributed by atoms with E-state index in [1.165, 1.54) is 32.1 Å². The Balaban J connectivity index is 2.30. The summed E-state index contributed by atoms with van der Waals surface area (Å²) >= 11 is 0. The highest BCUT2D eigenvalue weighted by Crippen LogP contribution is 2.32. The second kappa shape index (κ2) is 3.78. The molecule has 0 aliphatic heterocycles. The monoisotopic (exact) mass is 169 g/mol. The molecule has 0 bridgehead atoms. The summed E-state index contributed by atoms with van der Waals surface area (Å²) in [6.07, 6.45) is 6.94. The van der Waals surface area contributed by atoms with Gasteiger partial charge >= 0.3 is 0 Å². The van der Waals surface area contributed by atoms with Gasteiger partial charge in [-0.1, -0.05) is 46.5 Å². The van der Waals surface area contributed by atoms with E-state index in [1.54, 1.807) is 0 Å². The average molecular weight is 169 g/mol. The van der Waals surface area contributed by atoms with Gasteiger partial charge in [0.2, 0.25) is 0 Å². The molecule has 1 fully saturated rings. The lowest BCUT2D eigenvalue weighted by Crippen LogP contribution is -2.36. The molecule has 0 aromatic carbocycles. The van der Waals surface area contributed by atoms with Crippen molar-refractivity contribution in [1.29, 1.82) is 0 Å². The Morgan fingerprint density at radius 2 is 1.75 bits per heavy atom. The van der Waals surface area contributed by atoms with E-state index in [-0.39, 0.29) is 0 Å². The molecule has 0 aromatic heterocycles. The van der Waals surface area contributed by atoms with Crippen LogP contribution in [0.15, 0.2) is 0 Å². The molecule has 0 heterocycles. The summed E-state index contributed by atoms with van der Waals surface area (Å²) in [6.45, 7) is 6.73. The van der Waals surface area contributed by atoms with Crippen LogP contribution in [0.2, 0.25) is 0 Å². The second-order valence-corrected chi connectivity index (χ2v) is 5.36. The van der Waals surface area contributed by atoms with Gasteiger partial charge in [-0.25, -0.2) is 0 Å². The van der Waals surface area contributed by atoms with E-state index in [0.29, 0.717) is 11.5 Å². The van der Waals surface area contributed by atoms with Crippen LogP contribution in [0.1, 0.15) is 52.9 Å². The van der Waals surface area contributed by atoms with Gasteiger partial charge in [0.05, 0.1) is 0 Å². The lowest BCUT2D eigenvalue weighted by Gasteiger charge is -2.29. The number of nitrogens with two attached hydrogens (primary N) is 1. The molecule has 72 valence electrons. The van der Waals surface area contributed by atoms with Crippen molar-refractivity contribution in [3.8, 4) is 0 Å². The molecule has 0 aromatic rings. The zero-order valence-corrected chi connectivity index (χ0v) is 8.77. The van der Waals surface area contributed by atoms with Crippen LogP contribution in [0.5, 0.6) is 0 Å². The Bertz CT molecular complexity index is 128. The molecule has 0 spiro atoms. The van der Waals surface area contributed by atoms with E-state index in [9.17, 15) is 0 Å². The van der Waals surface area contributed by atoms with Gasteiger partial charge in [-0.05, 0) is 17.8 Å². The summed E-state index contributed by atoms with van der Waals surface area (Å²) in [5.74, 6) is 0.930. The lowest BCUT2D eigenvalue weighted by atomic mass is 9.81. The molecule has 1 aliphatic rings. The minimum Gasteiger partial charge on any atom is -0.327 e. The molecular formula is C11H23N. The molecule has 1 unspecified atom stereocenters. The van der Waals surface area contributed by atoms with Crippen molar-refractivity contribution in [3.05, 3.63) is 0 Å². The highest BCUT2D eigenvalue weighted by Gasteiger charge is 2.25. The Hall–Kier alpha value is -0.0400. The largest absolute Gasteiger partial charge is 0.327 e. The normalized spacial score (nSPS) is 23.0. The van der Waals surface area contributed by atoms with Crippen molar-refractivity contribution in [2.75, 3.05) is 0 Å². The maximum absolute atomic E-state index is 6.13. The van der Waals surface area contributed by atoms with Crippen LogP contribution in [-0.4, -0.2) is 6.04 Å². The molecular weight excluding hydrogens is 146 g/mol. The molecule has 1 aliphatic carbocycles. The summed E-state index contributed by atoms with van der Waals surface area (Å²) in [5.41, 5.74) is 6.42. The topological polar surface area (TPSA) is 26.0 Å².